The van der Waals surface area contributed by atoms with E-state index in [4.69, 9.17) is 0 Å². The van der Waals surface area contributed by atoms with Crippen LogP contribution >= 0.6 is 0 Å². The number of carbonyl (C=O) groups is 1. The molecule has 0 unspecified atom stereocenters. The topological polar surface area (TPSA) is 60.2 Å². The number of benzene rings is 2. The van der Waals surface area contributed by atoms with Crippen LogP contribution in [0, 0.1) is 21.7 Å². The van der Waals surface area contributed by atoms with Gasteiger partial charge in [0.05, 0.1) is 10.5 Å². The average Bonchev–Trinajstić information content (AvgIpc) is 2.38. The molecule has 2 aromatic carbocycles. The van der Waals surface area contributed by atoms with E-state index in [-0.39, 0.29) is 16.7 Å². The number of nitro benzene ring substituents is 1. The Labute approximate surface area is 106 Å². The van der Waals surface area contributed by atoms with Gasteiger partial charge in [-0.2, -0.15) is 0 Å². The van der Waals surface area contributed by atoms with Crippen molar-refractivity contribution in [1.29, 1.82) is 0 Å². The zero-order valence-electron chi connectivity index (χ0n) is 9.47. The number of rotatable bonds is 3. The van der Waals surface area contributed by atoms with Crippen molar-refractivity contribution < 1.29 is 18.5 Å². The minimum absolute atomic E-state index is 0.0296. The molecule has 0 fully saturated rings. The Morgan fingerprint density at radius 3 is 2.42 bits per heavy atom. The highest BCUT2D eigenvalue weighted by Gasteiger charge is 2.16. The first-order valence-electron chi connectivity index (χ1n) is 5.22. The minimum atomic E-state index is -0.826. The van der Waals surface area contributed by atoms with Crippen LogP contribution in [0.15, 0.2) is 36.4 Å². The Morgan fingerprint density at radius 2 is 1.84 bits per heavy atom. The number of halogens is 2. The molecule has 0 amide bonds. The Bertz CT molecular complexity index is 671. The molecule has 0 aromatic heterocycles. The van der Waals surface area contributed by atoms with Crippen LogP contribution in [0.4, 0.5) is 14.5 Å². The summed E-state index contributed by atoms with van der Waals surface area (Å²) in [5.74, 6) is -1.56. The fraction of sp³-hybridized carbons (Fsp3) is 0. The predicted octanol–water partition coefficient (Wildman–Crippen LogP) is 3.35. The molecule has 0 heterocycles. The fourth-order valence-corrected chi connectivity index (χ4v) is 1.69. The maximum atomic E-state index is 13.6. The van der Waals surface area contributed by atoms with Crippen LogP contribution in [0.1, 0.15) is 10.4 Å². The fourth-order valence-electron chi connectivity index (χ4n) is 1.69. The monoisotopic (exact) mass is 263 g/mol. The molecule has 0 radical (unpaired) electrons. The summed E-state index contributed by atoms with van der Waals surface area (Å²) in [4.78, 5) is 20.7. The van der Waals surface area contributed by atoms with Crippen LogP contribution in [0.2, 0.25) is 0 Å². The lowest BCUT2D eigenvalue weighted by atomic mass is 10.0. The lowest BCUT2D eigenvalue weighted by Gasteiger charge is -2.04. The zero-order chi connectivity index (χ0) is 14.0. The highest BCUT2D eigenvalue weighted by atomic mass is 19.1. The SMILES string of the molecule is O=Cc1ccc(-c2ccc(F)cc2F)cc1[N+](=O)[O-]. The van der Waals surface area contributed by atoms with E-state index in [9.17, 15) is 23.7 Å². The van der Waals surface area contributed by atoms with Crippen molar-refractivity contribution in [3.63, 3.8) is 0 Å². The molecule has 0 saturated carbocycles. The van der Waals surface area contributed by atoms with Gasteiger partial charge in [-0.1, -0.05) is 6.07 Å². The van der Waals surface area contributed by atoms with Crippen LogP contribution in [0.25, 0.3) is 11.1 Å². The van der Waals surface area contributed by atoms with Gasteiger partial charge in [0.1, 0.15) is 11.6 Å². The van der Waals surface area contributed by atoms with E-state index >= 15 is 0 Å². The molecule has 0 aliphatic heterocycles. The highest BCUT2D eigenvalue weighted by molar-refractivity contribution is 5.84. The summed E-state index contributed by atoms with van der Waals surface area (Å²) in [5.41, 5.74) is -0.288. The Hall–Kier alpha value is -2.63. The third-order valence-corrected chi connectivity index (χ3v) is 2.60. The zero-order valence-corrected chi connectivity index (χ0v) is 9.47. The standard InChI is InChI=1S/C13H7F2NO3/c14-10-3-4-11(12(15)6-10)8-1-2-9(7-17)13(5-8)16(18)19/h1-7H. The third kappa shape index (κ3) is 2.47. The molecule has 6 heteroatoms. The van der Waals surface area contributed by atoms with Gasteiger partial charge in [-0.15, -0.1) is 0 Å². The summed E-state index contributed by atoms with van der Waals surface area (Å²) >= 11 is 0. The van der Waals surface area contributed by atoms with Crippen molar-refractivity contribution >= 4 is 12.0 Å². The summed E-state index contributed by atoms with van der Waals surface area (Å²) in [5, 5.41) is 10.8. The highest BCUT2D eigenvalue weighted by Crippen LogP contribution is 2.28. The first-order chi connectivity index (χ1) is 9.02. The molecule has 0 aliphatic rings. The number of nitrogens with zero attached hydrogens (tertiary/aromatic N) is 1. The van der Waals surface area contributed by atoms with E-state index in [0.29, 0.717) is 12.4 Å². The molecule has 0 N–H and O–H groups in total. The van der Waals surface area contributed by atoms with Crippen LogP contribution in [0.3, 0.4) is 0 Å². The molecule has 0 spiro atoms. The van der Waals surface area contributed by atoms with Gasteiger partial charge in [0.2, 0.25) is 0 Å². The molecule has 2 rings (SSSR count). The number of hydrogen-bond donors (Lipinski definition) is 0. The summed E-state index contributed by atoms with van der Waals surface area (Å²) in [6.07, 6.45) is 0.350. The van der Waals surface area contributed by atoms with Crippen molar-refractivity contribution in [2.24, 2.45) is 0 Å². The van der Waals surface area contributed by atoms with Crippen LogP contribution < -0.4 is 0 Å². The van der Waals surface area contributed by atoms with Crippen LogP contribution in [0.5, 0.6) is 0 Å². The number of carbonyl (C=O) groups excluding carboxylic acids is 1. The van der Waals surface area contributed by atoms with Gasteiger partial charge < -0.3 is 0 Å². The average molecular weight is 263 g/mol. The summed E-state index contributed by atoms with van der Waals surface area (Å²) in [7, 11) is 0. The lowest BCUT2D eigenvalue weighted by molar-refractivity contribution is -0.385. The van der Waals surface area contributed by atoms with Gasteiger partial charge >= 0.3 is 0 Å². The van der Waals surface area contributed by atoms with Gasteiger partial charge in [0.25, 0.3) is 5.69 Å². The largest absolute Gasteiger partial charge is 0.298 e. The molecule has 2 aromatic rings. The van der Waals surface area contributed by atoms with Crippen LogP contribution in [-0.4, -0.2) is 11.2 Å². The minimum Gasteiger partial charge on any atom is -0.298 e. The van der Waals surface area contributed by atoms with Crippen molar-refractivity contribution in [2.75, 3.05) is 0 Å². The maximum absolute atomic E-state index is 13.6. The van der Waals surface area contributed by atoms with E-state index < -0.39 is 22.2 Å². The smallest absolute Gasteiger partial charge is 0.280 e. The Morgan fingerprint density at radius 1 is 1.11 bits per heavy atom. The second kappa shape index (κ2) is 4.93. The quantitative estimate of drug-likeness (QED) is 0.484. The number of hydrogen-bond acceptors (Lipinski definition) is 3. The third-order valence-electron chi connectivity index (χ3n) is 2.60. The van der Waals surface area contributed by atoms with Crippen molar-refractivity contribution in [2.45, 2.75) is 0 Å². The second-order valence-electron chi connectivity index (χ2n) is 3.77. The molecular formula is C13H7F2NO3. The molecule has 0 aliphatic carbocycles. The number of aldehydes is 1. The number of nitro groups is 1. The van der Waals surface area contributed by atoms with E-state index in [1.165, 1.54) is 18.2 Å². The molecule has 0 saturated heterocycles. The maximum Gasteiger partial charge on any atom is 0.280 e. The van der Waals surface area contributed by atoms with Crippen molar-refractivity contribution in [1.82, 2.24) is 0 Å². The normalized spacial score (nSPS) is 10.2. The van der Waals surface area contributed by atoms with E-state index in [1.54, 1.807) is 0 Å². The summed E-state index contributed by atoms with van der Waals surface area (Å²) < 4.78 is 26.4. The molecule has 19 heavy (non-hydrogen) atoms. The molecular weight excluding hydrogens is 256 g/mol. The molecule has 96 valence electrons. The molecule has 0 atom stereocenters. The van der Waals surface area contributed by atoms with Gasteiger partial charge in [0.15, 0.2) is 6.29 Å². The second-order valence-corrected chi connectivity index (χ2v) is 3.77. The van der Waals surface area contributed by atoms with Crippen LogP contribution in [-0.2, 0) is 0 Å². The summed E-state index contributed by atoms with van der Waals surface area (Å²) in [6, 6.07) is 6.60. The molecule has 0 bridgehead atoms. The van der Waals surface area contributed by atoms with E-state index in [2.05, 4.69) is 0 Å². The first kappa shape index (κ1) is 12.8. The predicted molar refractivity (Wildman–Crippen MR) is 63.8 cm³/mol. The van der Waals surface area contributed by atoms with Gasteiger partial charge in [0, 0.05) is 17.7 Å². The van der Waals surface area contributed by atoms with E-state index in [1.807, 2.05) is 0 Å². The Kier molecular flexibility index (Phi) is 3.33. The summed E-state index contributed by atoms with van der Waals surface area (Å²) in [6.45, 7) is 0. The van der Waals surface area contributed by atoms with Crippen molar-refractivity contribution in [3.05, 3.63) is 63.7 Å². The lowest BCUT2D eigenvalue weighted by Crippen LogP contribution is -1.95. The van der Waals surface area contributed by atoms with Gasteiger partial charge in [-0.05, 0) is 23.8 Å². The van der Waals surface area contributed by atoms with E-state index in [0.717, 1.165) is 12.1 Å². The Balaban J connectivity index is 2.60. The van der Waals surface area contributed by atoms with Crippen molar-refractivity contribution in [3.8, 4) is 11.1 Å². The van der Waals surface area contributed by atoms with Gasteiger partial charge in [-0.3, -0.25) is 14.9 Å². The first-order valence-corrected chi connectivity index (χ1v) is 5.22. The van der Waals surface area contributed by atoms with Gasteiger partial charge in [-0.25, -0.2) is 8.78 Å². The molecule has 4 nitrogen and oxygen atoms in total.